The van der Waals surface area contributed by atoms with Crippen LogP contribution in [0.25, 0.3) is 0 Å². The third-order valence-corrected chi connectivity index (χ3v) is 3.10. The second kappa shape index (κ2) is 8.93. The minimum atomic E-state index is 0.0173. The van der Waals surface area contributed by atoms with Crippen LogP contribution in [0.1, 0.15) is 5.56 Å². The molecule has 1 aromatic rings. The van der Waals surface area contributed by atoms with Crippen LogP contribution in [-0.4, -0.2) is 49.9 Å². The third kappa shape index (κ3) is 7.18. The maximum absolute atomic E-state index is 11.0. The number of amides is 1. The van der Waals surface area contributed by atoms with Crippen molar-refractivity contribution in [1.82, 2.24) is 10.2 Å². The van der Waals surface area contributed by atoms with Crippen LogP contribution in [0, 0.1) is 0 Å². The molecule has 0 aromatic heterocycles. The molecule has 4 nitrogen and oxygen atoms in total. The van der Waals surface area contributed by atoms with Gasteiger partial charge in [-0.25, -0.2) is 0 Å². The fraction of sp³-hybridized carbons (Fsp3) is 0.500. The Morgan fingerprint density at radius 3 is 2.58 bits per heavy atom. The number of nitrogens with zero attached hydrogens (tertiary/aromatic N) is 1. The summed E-state index contributed by atoms with van der Waals surface area (Å²) in [5.41, 5.74) is 1.19. The number of halogens is 1. The summed E-state index contributed by atoms with van der Waals surface area (Å²) in [7, 11) is 4.04. The highest BCUT2D eigenvalue weighted by Crippen LogP contribution is 2.12. The predicted octanol–water partition coefficient (Wildman–Crippen LogP) is 1.68. The highest BCUT2D eigenvalue weighted by atomic mass is 79.9. The molecule has 0 atom stereocenters. The molecule has 5 heteroatoms. The normalized spacial score (nSPS) is 10.5. The molecule has 106 valence electrons. The molecule has 0 unspecified atom stereocenters. The minimum Gasteiger partial charge on any atom is -0.492 e. The van der Waals surface area contributed by atoms with Crippen molar-refractivity contribution in [3.63, 3.8) is 0 Å². The van der Waals surface area contributed by atoms with Gasteiger partial charge in [0.05, 0.1) is 5.33 Å². The maximum Gasteiger partial charge on any atom is 0.230 e. The highest BCUT2D eigenvalue weighted by molar-refractivity contribution is 9.09. The first kappa shape index (κ1) is 16.0. The van der Waals surface area contributed by atoms with E-state index in [1.807, 2.05) is 38.4 Å². The summed E-state index contributed by atoms with van der Waals surface area (Å²) in [5, 5.41) is 3.17. The van der Waals surface area contributed by atoms with Gasteiger partial charge in [-0.2, -0.15) is 0 Å². The van der Waals surface area contributed by atoms with Gasteiger partial charge in [-0.05, 0) is 38.2 Å². The molecule has 0 saturated heterocycles. The van der Waals surface area contributed by atoms with Gasteiger partial charge in [0.15, 0.2) is 0 Å². The van der Waals surface area contributed by atoms with Crippen molar-refractivity contribution in [3.8, 4) is 5.75 Å². The molecule has 0 aliphatic rings. The van der Waals surface area contributed by atoms with Gasteiger partial charge in [0.1, 0.15) is 12.4 Å². The van der Waals surface area contributed by atoms with Gasteiger partial charge in [0.2, 0.25) is 5.91 Å². The lowest BCUT2D eigenvalue weighted by Crippen LogP contribution is -2.26. The van der Waals surface area contributed by atoms with Crippen LogP contribution in [0.4, 0.5) is 0 Å². The smallest absolute Gasteiger partial charge is 0.230 e. The number of carbonyl (C=O) groups is 1. The lowest BCUT2D eigenvalue weighted by atomic mass is 10.1. The van der Waals surface area contributed by atoms with Crippen LogP contribution in [0.3, 0.4) is 0 Å². The number of hydrogen-bond acceptors (Lipinski definition) is 3. The number of likely N-dealkylation sites (N-methyl/N-ethyl adjacent to an activating group) is 1. The van der Waals surface area contributed by atoms with Crippen LogP contribution in [0.2, 0.25) is 0 Å². The number of alkyl halides is 1. The van der Waals surface area contributed by atoms with E-state index in [1.165, 1.54) is 5.56 Å². The van der Waals surface area contributed by atoms with Crippen LogP contribution >= 0.6 is 15.9 Å². The van der Waals surface area contributed by atoms with E-state index < -0.39 is 0 Å². The Labute approximate surface area is 123 Å². The van der Waals surface area contributed by atoms with Gasteiger partial charge in [-0.1, -0.05) is 28.1 Å². The summed E-state index contributed by atoms with van der Waals surface area (Å²) in [6, 6.07) is 8.01. The molecule has 1 rings (SSSR count). The first-order valence-electron chi connectivity index (χ1n) is 6.31. The Bertz CT molecular complexity index is 380. The van der Waals surface area contributed by atoms with E-state index in [1.54, 1.807) is 0 Å². The fourth-order valence-electron chi connectivity index (χ4n) is 1.49. The average Bonchev–Trinajstić information content (AvgIpc) is 2.40. The molecule has 0 fully saturated rings. The molecule has 1 amide bonds. The van der Waals surface area contributed by atoms with Crippen molar-refractivity contribution in [2.24, 2.45) is 0 Å². The van der Waals surface area contributed by atoms with Crippen LogP contribution in [0.15, 0.2) is 24.3 Å². The first-order valence-corrected chi connectivity index (χ1v) is 7.43. The van der Waals surface area contributed by atoms with Gasteiger partial charge in [-0.15, -0.1) is 0 Å². The average molecular weight is 329 g/mol. The second-order valence-electron chi connectivity index (χ2n) is 4.53. The van der Waals surface area contributed by atoms with Crippen LogP contribution in [-0.2, 0) is 11.2 Å². The van der Waals surface area contributed by atoms with Crippen molar-refractivity contribution in [2.45, 2.75) is 6.42 Å². The van der Waals surface area contributed by atoms with E-state index in [0.717, 1.165) is 18.7 Å². The molecule has 0 spiro atoms. The highest BCUT2D eigenvalue weighted by Gasteiger charge is 1.99. The number of carbonyl (C=O) groups excluding carboxylic acids is 1. The largest absolute Gasteiger partial charge is 0.492 e. The lowest BCUT2D eigenvalue weighted by molar-refractivity contribution is -0.118. The molecule has 0 heterocycles. The standard InChI is InChI=1S/C14H21BrN2O2/c1-17(2)9-10-19-13-5-3-12(4-6-13)7-8-16-14(18)11-15/h3-6H,7-11H2,1-2H3,(H,16,18). The predicted molar refractivity (Wildman–Crippen MR) is 81.0 cm³/mol. The zero-order valence-electron chi connectivity index (χ0n) is 11.5. The number of hydrogen-bond donors (Lipinski definition) is 1. The Hall–Kier alpha value is -1.07. The zero-order valence-corrected chi connectivity index (χ0v) is 13.1. The third-order valence-electron chi connectivity index (χ3n) is 2.59. The minimum absolute atomic E-state index is 0.0173. The number of rotatable bonds is 8. The number of nitrogens with one attached hydrogen (secondary N) is 1. The first-order chi connectivity index (χ1) is 9.11. The molecule has 1 aromatic carbocycles. The summed E-state index contributed by atoms with van der Waals surface area (Å²) in [6.45, 7) is 2.25. The molecule has 1 N–H and O–H groups in total. The van der Waals surface area contributed by atoms with E-state index in [2.05, 4.69) is 26.1 Å². The van der Waals surface area contributed by atoms with Crippen molar-refractivity contribution in [2.75, 3.05) is 39.1 Å². The van der Waals surface area contributed by atoms with Gasteiger partial charge >= 0.3 is 0 Å². The molecular formula is C14H21BrN2O2. The monoisotopic (exact) mass is 328 g/mol. The Balaban J connectivity index is 2.29. The summed E-state index contributed by atoms with van der Waals surface area (Å²) in [5.74, 6) is 0.902. The maximum atomic E-state index is 11.0. The molecule has 0 aliphatic carbocycles. The lowest BCUT2D eigenvalue weighted by Gasteiger charge is -2.11. The van der Waals surface area contributed by atoms with Crippen molar-refractivity contribution < 1.29 is 9.53 Å². The summed E-state index contributed by atoms with van der Waals surface area (Å²) in [4.78, 5) is 13.1. The molecule has 0 bridgehead atoms. The van der Waals surface area contributed by atoms with E-state index in [-0.39, 0.29) is 5.91 Å². The van der Waals surface area contributed by atoms with Gasteiger partial charge < -0.3 is 15.0 Å². The van der Waals surface area contributed by atoms with Crippen LogP contribution in [0.5, 0.6) is 5.75 Å². The van der Waals surface area contributed by atoms with Crippen molar-refractivity contribution >= 4 is 21.8 Å². The SMILES string of the molecule is CN(C)CCOc1ccc(CCNC(=O)CBr)cc1. The van der Waals surface area contributed by atoms with E-state index in [9.17, 15) is 4.79 Å². The van der Waals surface area contributed by atoms with E-state index >= 15 is 0 Å². The van der Waals surface area contributed by atoms with Crippen molar-refractivity contribution in [3.05, 3.63) is 29.8 Å². The van der Waals surface area contributed by atoms with E-state index in [0.29, 0.717) is 18.5 Å². The fourth-order valence-corrected chi connectivity index (χ4v) is 1.69. The molecular weight excluding hydrogens is 308 g/mol. The Morgan fingerprint density at radius 1 is 1.32 bits per heavy atom. The number of benzene rings is 1. The second-order valence-corrected chi connectivity index (χ2v) is 5.09. The molecule has 0 radical (unpaired) electrons. The van der Waals surface area contributed by atoms with Gasteiger partial charge in [0, 0.05) is 13.1 Å². The van der Waals surface area contributed by atoms with E-state index in [4.69, 9.17) is 4.74 Å². The molecule has 19 heavy (non-hydrogen) atoms. The Kier molecular flexibility index (Phi) is 7.52. The van der Waals surface area contributed by atoms with Crippen LogP contribution < -0.4 is 10.1 Å². The summed E-state index contributed by atoms with van der Waals surface area (Å²) in [6.07, 6.45) is 0.830. The summed E-state index contributed by atoms with van der Waals surface area (Å²) >= 11 is 3.11. The van der Waals surface area contributed by atoms with Gasteiger partial charge in [0.25, 0.3) is 0 Å². The van der Waals surface area contributed by atoms with Gasteiger partial charge in [-0.3, -0.25) is 4.79 Å². The quantitative estimate of drug-likeness (QED) is 0.738. The van der Waals surface area contributed by atoms with Crippen molar-refractivity contribution in [1.29, 1.82) is 0 Å². The molecule has 0 aliphatic heterocycles. The Morgan fingerprint density at radius 2 is 2.00 bits per heavy atom. The summed E-state index contributed by atoms with van der Waals surface area (Å²) < 4.78 is 5.61. The number of ether oxygens (including phenoxy) is 1. The topological polar surface area (TPSA) is 41.6 Å². The zero-order chi connectivity index (χ0) is 14.1. The molecule has 0 saturated carbocycles.